The van der Waals surface area contributed by atoms with Crippen molar-refractivity contribution in [3.8, 4) is 0 Å². The van der Waals surface area contributed by atoms with Gasteiger partial charge in [-0.3, -0.25) is 4.68 Å². The Labute approximate surface area is 87.7 Å². The fourth-order valence-electron chi connectivity index (χ4n) is 1.72. The zero-order chi connectivity index (χ0) is 10.0. The highest BCUT2D eigenvalue weighted by molar-refractivity contribution is 7.99. The highest BCUT2D eigenvalue weighted by atomic mass is 32.2. The normalized spacial score (nSPS) is 27.0. The fourth-order valence-corrected chi connectivity index (χ4v) is 3.01. The van der Waals surface area contributed by atoms with E-state index >= 15 is 0 Å². The number of aryl methyl sites for hydroxylation is 1. The van der Waals surface area contributed by atoms with Crippen molar-refractivity contribution in [1.29, 1.82) is 0 Å². The minimum absolute atomic E-state index is 0.551. The Bertz CT molecular complexity index is 307. The molecule has 0 radical (unpaired) electrons. The third-order valence-corrected chi connectivity index (χ3v) is 3.80. The number of aromatic nitrogens is 3. The summed E-state index contributed by atoms with van der Waals surface area (Å²) in [6.45, 7) is 2.85. The van der Waals surface area contributed by atoms with Crippen LogP contribution in [-0.2, 0) is 13.0 Å². The first kappa shape index (κ1) is 9.98. The van der Waals surface area contributed by atoms with Crippen LogP contribution in [-0.4, -0.2) is 37.0 Å². The minimum atomic E-state index is -0.551. The number of hydrogen-bond donors (Lipinski definition) is 1. The van der Waals surface area contributed by atoms with Crippen LogP contribution in [0.25, 0.3) is 0 Å². The molecular formula is C9H15N3OS. The second-order valence-electron chi connectivity index (χ2n) is 3.70. The van der Waals surface area contributed by atoms with Gasteiger partial charge >= 0.3 is 0 Å². The summed E-state index contributed by atoms with van der Waals surface area (Å²) in [5, 5.41) is 14.3. The van der Waals surface area contributed by atoms with Gasteiger partial charge in [0, 0.05) is 18.7 Å². The molecule has 5 heteroatoms. The van der Waals surface area contributed by atoms with E-state index in [2.05, 4.69) is 10.1 Å². The molecule has 78 valence electrons. The van der Waals surface area contributed by atoms with Gasteiger partial charge in [-0.2, -0.15) is 16.9 Å². The van der Waals surface area contributed by atoms with Crippen LogP contribution < -0.4 is 0 Å². The Kier molecular flexibility index (Phi) is 2.78. The lowest BCUT2D eigenvalue weighted by Crippen LogP contribution is -2.32. The molecule has 1 saturated heterocycles. The molecule has 1 unspecified atom stereocenters. The van der Waals surface area contributed by atoms with Crippen molar-refractivity contribution in [3.63, 3.8) is 0 Å². The van der Waals surface area contributed by atoms with Crippen LogP contribution in [0.5, 0.6) is 0 Å². The third-order valence-electron chi connectivity index (χ3n) is 2.56. The molecule has 14 heavy (non-hydrogen) atoms. The molecule has 1 fully saturated rings. The van der Waals surface area contributed by atoms with E-state index < -0.39 is 5.60 Å². The summed E-state index contributed by atoms with van der Waals surface area (Å²) in [7, 11) is 0. The number of thioether (sulfide) groups is 1. The summed E-state index contributed by atoms with van der Waals surface area (Å²) < 4.78 is 1.85. The Morgan fingerprint density at radius 2 is 2.57 bits per heavy atom. The molecule has 1 aromatic rings. The van der Waals surface area contributed by atoms with Crippen molar-refractivity contribution < 1.29 is 5.11 Å². The Morgan fingerprint density at radius 1 is 1.71 bits per heavy atom. The monoisotopic (exact) mass is 213 g/mol. The van der Waals surface area contributed by atoms with Gasteiger partial charge in [-0.05, 0) is 19.1 Å². The van der Waals surface area contributed by atoms with E-state index in [9.17, 15) is 5.11 Å². The van der Waals surface area contributed by atoms with E-state index in [1.165, 1.54) is 0 Å². The summed E-state index contributed by atoms with van der Waals surface area (Å²) in [6, 6.07) is 0. The topological polar surface area (TPSA) is 50.9 Å². The van der Waals surface area contributed by atoms with Crippen molar-refractivity contribution in [2.45, 2.75) is 31.9 Å². The lowest BCUT2D eigenvalue weighted by molar-refractivity contribution is 0.0653. The zero-order valence-electron chi connectivity index (χ0n) is 8.31. The van der Waals surface area contributed by atoms with Crippen LogP contribution in [0.3, 0.4) is 0 Å². The molecule has 0 aliphatic carbocycles. The van der Waals surface area contributed by atoms with Crippen molar-refractivity contribution in [2.75, 3.05) is 11.5 Å². The van der Waals surface area contributed by atoms with Crippen molar-refractivity contribution in [3.05, 3.63) is 12.2 Å². The van der Waals surface area contributed by atoms with Crippen molar-refractivity contribution in [1.82, 2.24) is 14.8 Å². The lowest BCUT2D eigenvalue weighted by atomic mass is 9.99. The van der Waals surface area contributed by atoms with Gasteiger partial charge in [0.15, 0.2) is 0 Å². The molecule has 2 heterocycles. The summed E-state index contributed by atoms with van der Waals surface area (Å²) in [4.78, 5) is 4.18. The maximum absolute atomic E-state index is 10.2. The maximum Gasteiger partial charge on any atom is 0.138 e. The molecule has 0 saturated carbocycles. The molecular weight excluding hydrogens is 198 g/mol. The van der Waals surface area contributed by atoms with Crippen LogP contribution in [0.1, 0.15) is 19.2 Å². The van der Waals surface area contributed by atoms with E-state index in [1.807, 2.05) is 23.4 Å². The van der Waals surface area contributed by atoms with Crippen molar-refractivity contribution in [2.24, 2.45) is 0 Å². The van der Waals surface area contributed by atoms with Gasteiger partial charge in [-0.15, -0.1) is 0 Å². The fraction of sp³-hybridized carbons (Fsp3) is 0.778. The molecule has 2 rings (SSSR count). The zero-order valence-corrected chi connectivity index (χ0v) is 9.13. The Morgan fingerprint density at radius 3 is 3.21 bits per heavy atom. The average molecular weight is 213 g/mol. The molecule has 1 atom stereocenters. The average Bonchev–Trinajstić information content (AvgIpc) is 2.75. The van der Waals surface area contributed by atoms with Crippen LogP contribution in [0.4, 0.5) is 0 Å². The molecule has 0 spiro atoms. The molecule has 0 amide bonds. The first-order valence-corrected chi connectivity index (χ1v) is 6.06. The third kappa shape index (κ3) is 1.93. The quantitative estimate of drug-likeness (QED) is 0.803. The predicted octanol–water partition coefficient (Wildman–Crippen LogP) is 0.709. The summed E-state index contributed by atoms with van der Waals surface area (Å²) >= 11 is 1.81. The number of hydrogen-bond acceptors (Lipinski definition) is 4. The van der Waals surface area contributed by atoms with Gasteiger partial charge in [0.05, 0.1) is 5.60 Å². The lowest BCUT2D eigenvalue weighted by Gasteiger charge is -2.20. The van der Waals surface area contributed by atoms with Gasteiger partial charge in [0.1, 0.15) is 12.2 Å². The highest BCUT2D eigenvalue weighted by Gasteiger charge is 2.33. The summed E-state index contributed by atoms with van der Waals surface area (Å²) in [5.41, 5.74) is -0.551. The van der Waals surface area contributed by atoms with Crippen molar-refractivity contribution >= 4 is 11.8 Å². The SMILES string of the molecule is CCn1ncnc1CC1(O)CCSC1. The smallest absolute Gasteiger partial charge is 0.138 e. The Hall–Kier alpha value is -0.550. The molecule has 1 aliphatic rings. The molecule has 1 aromatic heterocycles. The van der Waals surface area contributed by atoms with E-state index in [4.69, 9.17) is 0 Å². The largest absolute Gasteiger partial charge is 0.389 e. The van der Waals surface area contributed by atoms with Gasteiger partial charge < -0.3 is 5.11 Å². The highest BCUT2D eigenvalue weighted by Crippen LogP contribution is 2.30. The molecule has 4 nitrogen and oxygen atoms in total. The molecule has 0 aromatic carbocycles. The molecule has 1 aliphatic heterocycles. The van der Waals surface area contributed by atoms with E-state index in [0.717, 1.165) is 30.3 Å². The van der Waals surface area contributed by atoms with Gasteiger partial charge in [-0.25, -0.2) is 4.98 Å². The van der Waals surface area contributed by atoms with E-state index in [0.29, 0.717) is 6.42 Å². The molecule has 1 N–H and O–H groups in total. The first-order valence-electron chi connectivity index (χ1n) is 4.90. The van der Waals surface area contributed by atoms with Crippen LogP contribution in [0.2, 0.25) is 0 Å². The van der Waals surface area contributed by atoms with Gasteiger partial charge in [0.2, 0.25) is 0 Å². The first-order chi connectivity index (χ1) is 6.73. The molecule has 0 bridgehead atoms. The standard InChI is InChI=1S/C9H15N3OS/c1-2-12-8(10-7-11-12)5-9(13)3-4-14-6-9/h7,13H,2-6H2,1H3. The predicted molar refractivity (Wildman–Crippen MR) is 56.3 cm³/mol. The van der Waals surface area contributed by atoms with E-state index in [1.54, 1.807) is 6.33 Å². The summed E-state index contributed by atoms with van der Waals surface area (Å²) in [5.74, 6) is 2.78. The van der Waals surface area contributed by atoms with Crippen LogP contribution >= 0.6 is 11.8 Å². The maximum atomic E-state index is 10.2. The minimum Gasteiger partial charge on any atom is -0.389 e. The number of rotatable bonds is 3. The Balaban J connectivity index is 2.09. The van der Waals surface area contributed by atoms with Gasteiger partial charge in [0.25, 0.3) is 0 Å². The van der Waals surface area contributed by atoms with Gasteiger partial charge in [-0.1, -0.05) is 0 Å². The van der Waals surface area contributed by atoms with E-state index in [-0.39, 0.29) is 0 Å². The second kappa shape index (κ2) is 3.90. The number of aliphatic hydroxyl groups is 1. The summed E-state index contributed by atoms with van der Waals surface area (Å²) in [6.07, 6.45) is 3.06. The van der Waals surface area contributed by atoms with Crippen LogP contribution in [0.15, 0.2) is 6.33 Å². The number of nitrogens with zero attached hydrogens (tertiary/aromatic N) is 3. The second-order valence-corrected chi connectivity index (χ2v) is 4.80. The van der Waals surface area contributed by atoms with Crippen LogP contribution in [0, 0.1) is 0 Å².